The molecule has 0 aromatic heterocycles. The van der Waals surface area contributed by atoms with E-state index in [1.165, 1.54) is 23.8 Å². The number of hydrogen-bond acceptors (Lipinski definition) is 6. The molecule has 0 aromatic rings. The molecule has 0 aliphatic carbocycles. The van der Waals surface area contributed by atoms with Crippen molar-refractivity contribution in [2.24, 2.45) is 5.41 Å². The monoisotopic (exact) mass is 301 g/mol. The number of β-lactam (4-membered cyclic amide) rings is 1. The molecule has 2 fully saturated rings. The quantitative estimate of drug-likeness (QED) is 0.428. The number of carbonyl (C=O) groups is 3. The van der Waals surface area contributed by atoms with Gasteiger partial charge in [-0.2, -0.15) is 0 Å². The van der Waals surface area contributed by atoms with Crippen LogP contribution in [0.25, 0.3) is 0 Å². The normalized spacial score (nSPS) is 29.8. The van der Waals surface area contributed by atoms with Crippen LogP contribution in [0, 0.1) is 5.41 Å². The zero-order chi connectivity index (χ0) is 15.1. The zero-order valence-electron chi connectivity index (χ0n) is 12.1. The summed E-state index contributed by atoms with van der Waals surface area (Å²) in [4.78, 5) is 36.9. The van der Waals surface area contributed by atoms with Gasteiger partial charge < -0.3 is 14.4 Å². The van der Waals surface area contributed by atoms with Crippen molar-refractivity contribution in [3.05, 3.63) is 0 Å². The first kappa shape index (κ1) is 15.3. The summed E-state index contributed by atoms with van der Waals surface area (Å²) in [5.41, 5.74) is -1.51. The van der Waals surface area contributed by atoms with Crippen molar-refractivity contribution in [1.29, 1.82) is 0 Å². The van der Waals surface area contributed by atoms with Crippen molar-refractivity contribution in [2.75, 3.05) is 26.0 Å². The second-order valence-electron chi connectivity index (χ2n) is 6.18. The fraction of sp³-hybridized carbons (Fsp3) is 0.769. The Hall–Kier alpha value is -1.08. The Bertz CT molecular complexity index is 458. The average Bonchev–Trinajstić information content (AvgIpc) is 2.36. The van der Waals surface area contributed by atoms with E-state index >= 15 is 0 Å². The lowest BCUT2D eigenvalue weighted by molar-refractivity contribution is -0.175. The Morgan fingerprint density at radius 2 is 2.10 bits per heavy atom. The number of ether oxygens (including phenoxy) is 2. The van der Waals surface area contributed by atoms with E-state index in [1.54, 1.807) is 20.8 Å². The van der Waals surface area contributed by atoms with Crippen molar-refractivity contribution in [3.63, 3.8) is 0 Å². The van der Waals surface area contributed by atoms with Crippen molar-refractivity contribution in [3.8, 4) is 0 Å². The maximum atomic E-state index is 12.5. The molecule has 2 heterocycles. The second kappa shape index (κ2) is 5.04. The average molecular weight is 301 g/mol. The van der Waals surface area contributed by atoms with Crippen molar-refractivity contribution < 1.29 is 23.9 Å². The summed E-state index contributed by atoms with van der Waals surface area (Å²) in [6.45, 7) is 5.73. The van der Waals surface area contributed by atoms with Crippen LogP contribution in [-0.4, -0.2) is 59.5 Å². The van der Waals surface area contributed by atoms with E-state index < -0.39 is 22.3 Å². The number of amides is 1. The van der Waals surface area contributed by atoms with E-state index in [2.05, 4.69) is 0 Å². The highest BCUT2D eigenvalue weighted by Gasteiger charge is 2.57. The minimum Gasteiger partial charge on any atom is -0.459 e. The van der Waals surface area contributed by atoms with Crippen LogP contribution in [0.5, 0.6) is 0 Å². The molecule has 0 aromatic carbocycles. The Labute approximate surface area is 122 Å². The van der Waals surface area contributed by atoms with Gasteiger partial charge >= 0.3 is 5.97 Å². The molecule has 20 heavy (non-hydrogen) atoms. The summed E-state index contributed by atoms with van der Waals surface area (Å²) >= 11 is 1.30. The number of methoxy groups -OCH3 is 1. The largest absolute Gasteiger partial charge is 0.459 e. The first-order chi connectivity index (χ1) is 9.20. The lowest BCUT2D eigenvalue weighted by atomic mass is 9.88. The molecular weight excluding hydrogens is 282 g/mol. The summed E-state index contributed by atoms with van der Waals surface area (Å²) in [7, 11) is 1.51. The smallest absolute Gasteiger partial charge is 0.317 e. The molecule has 0 spiro atoms. The van der Waals surface area contributed by atoms with Gasteiger partial charge in [-0.1, -0.05) is 0 Å². The van der Waals surface area contributed by atoms with Gasteiger partial charge in [0.1, 0.15) is 16.4 Å². The van der Waals surface area contributed by atoms with Gasteiger partial charge in [-0.05, 0) is 20.8 Å². The van der Waals surface area contributed by atoms with Gasteiger partial charge in [-0.15, -0.1) is 11.8 Å². The Kier molecular flexibility index (Phi) is 3.85. The number of carbonyl (C=O) groups excluding carboxylic acids is 3. The van der Waals surface area contributed by atoms with Crippen LogP contribution in [0.2, 0.25) is 0 Å². The first-order valence-electron chi connectivity index (χ1n) is 6.39. The molecule has 2 rings (SSSR count). The van der Waals surface area contributed by atoms with Crippen LogP contribution in [0.1, 0.15) is 20.8 Å². The van der Waals surface area contributed by atoms with E-state index in [0.29, 0.717) is 5.75 Å². The molecule has 6 nitrogen and oxygen atoms in total. The van der Waals surface area contributed by atoms with Gasteiger partial charge in [0.05, 0.1) is 6.61 Å². The molecule has 2 aliphatic heterocycles. The maximum absolute atomic E-state index is 12.5. The van der Waals surface area contributed by atoms with Gasteiger partial charge in [0.2, 0.25) is 0 Å². The van der Waals surface area contributed by atoms with Crippen LogP contribution >= 0.6 is 11.8 Å². The predicted molar refractivity (Wildman–Crippen MR) is 73.1 cm³/mol. The molecule has 112 valence electrons. The number of hydrogen-bond donors (Lipinski definition) is 0. The summed E-state index contributed by atoms with van der Waals surface area (Å²) in [5, 5.41) is -0.435. The van der Waals surface area contributed by atoms with E-state index in [1.807, 2.05) is 0 Å². The molecule has 0 radical (unpaired) electrons. The molecule has 0 saturated carbocycles. The fourth-order valence-corrected chi connectivity index (χ4v) is 3.66. The molecule has 2 aliphatic rings. The summed E-state index contributed by atoms with van der Waals surface area (Å²) < 4.78 is 10.6. The van der Waals surface area contributed by atoms with Gasteiger partial charge in [-0.3, -0.25) is 14.4 Å². The minimum atomic E-state index is -0.903. The van der Waals surface area contributed by atoms with E-state index in [9.17, 15) is 14.4 Å². The minimum absolute atomic E-state index is 0.166. The molecular formula is C13H19NO5S. The molecule has 2 saturated heterocycles. The summed E-state index contributed by atoms with van der Waals surface area (Å²) in [6.07, 6.45) is 0. The molecule has 0 bridgehead atoms. The van der Waals surface area contributed by atoms with Crippen LogP contribution in [0.4, 0.5) is 0 Å². The topological polar surface area (TPSA) is 72.9 Å². The zero-order valence-corrected chi connectivity index (χ0v) is 12.9. The first-order valence-corrected chi connectivity index (χ1v) is 7.44. The highest BCUT2D eigenvalue weighted by Crippen LogP contribution is 2.41. The molecule has 2 atom stereocenters. The van der Waals surface area contributed by atoms with Gasteiger partial charge in [0.25, 0.3) is 11.7 Å². The highest BCUT2D eigenvalue weighted by molar-refractivity contribution is 8.01. The Balaban J connectivity index is 2.17. The second-order valence-corrected chi connectivity index (χ2v) is 7.24. The number of Topliss-reactive ketones (excluding diaryl/α,β-unsaturated/α-hetero) is 1. The predicted octanol–water partition coefficient (Wildman–Crippen LogP) is 0.445. The standard InChI is InChI=1S/C13H19NO5S/c1-12(2,3)19-11(17)13(6-18-4)5-14-9(16)8(15)10(14)20-7-13/h10H,5-7H2,1-4H3/t10-,13?/m1/s1. The number of rotatable bonds is 3. The van der Waals surface area contributed by atoms with Gasteiger partial charge in [-0.25, -0.2) is 0 Å². The Morgan fingerprint density at radius 3 is 2.65 bits per heavy atom. The molecule has 0 N–H and O–H groups in total. The van der Waals surface area contributed by atoms with Crippen molar-refractivity contribution >= 4 is 29.4 Å². The lowest BCUT2D eigenvalue weighted by Crippen LogP contribution is -2.68. The number of ketones is 1. The third-order valence-corrected chi connectivity index (χ3v) is 4.73. The molecule has 1 amide bonds. The third-order valence-electron chi connectivity index (χ3n) is 3.22. The molecule has 7 heteroatoms. The highest BCUT2D eigenvalue weighted by atomic mass is 32.2. The summed E-state index contributed by atoms with van der Waals surface area (Å²) in [6, 6.07) is 0. The third kappa shape index (κ3) is 2.56. The van der Waals surface area contributed by atoms with E-state index in [-0.39, 0.29) is 24.9 Å². The van der Waals surface area contributed by atoms with E-state index in [0.717, 1.165) is 0 Å². The van der Waals surface area contributed by atoms with Crippen molar-refractivity contribution in [1.82, 2.24) is 4.90 Å². The van der Waals surface area contributed by atoms with Crippen LogP contribution in [0.15, 0.2) is 0 Å². The fourth-order valence-electron chi connectivity index (χ4n) is 2.29. The summed E-state index contributed by atoms with van der Waals surface area (Å²) in [5.74, 6) is -0.878. The lowest BCUT2D eigenvalue weighted by Gasteiger charge is -2.48. The van der Waals surface area contributed by atoms with Crippen LogP contribution in [0.3, 0.4) is 0 Å². The van der Waals surface area contributed by atoms with Crippen molar-refractivity contribution in [2.45, 2.75) is 31.7 Å². The number of esters is 1. The van der Waals surface area contributed by atoms with Gasteiger partial charge in [0.15, 0.2) is 0 Å². The molecule has 1 unspecified atom stereocenters. The number of nitrogens with zero attached hydrogens (tertiary/aromatic N) is 1. The Morgan fingerprint density at radius 1 is 1.45 bits per heavy atom. The van der Waals surface area contributed by atoms with E-state index in [4.69, 9.17) is 9.47 Å². The van der Waals surface area contributed by atoms with Crippen LogP contribution in [-0.2, 0) is 23.9 Å². The number of fused-ring (bicyclic) bond motifs is 1. The van der Waals surface area contributed by atoms with Crippen LogP contribution < -0.4 is 0 Å². The maximum Gasteiger partial charge on any atom is 0.317 e. The van der Waals surface area contributed by atoms with Gasteiger partial charge in [0, 0.05) is 19.4 Å². The number of thioether (sulfide) groups is 1. The SMILES string of the molecule is COCC1(C(=O)OC(C)(C)C)CS[C@@H]2C(=O)C(=O)N2C1.